The Labute approximate surface area is 84.1 Å². The third-order valence-corrected chi connectivity index (χ3v) is 3.63. The van der Waals surface area contributed by atoms with Crippen LogP contribution in [0, 0.1) is 0 Å². The van der Waals surface area contributed by atoms with E-state index in [2.05, 4.69) is 16.0 Å². The number of aromatic nitrogens is 2. The monoisotopic (exact) mass is 192 g/mol. The minimum absolute atomic E-state index is 0.231. The van der Waals surface area contributed by atoms with Crippen molar-refractivity contribution in [2.24, 2.45) is 0 Å². The molecule has 0 amide bonds. The summed E-state index contributed by atoms with van der Waals surface area (Å²) in [6.45, 7) is 0.907. The van der Waals surface area contributed by atoms with Crippen molar-refractivity contribution in [2.45, 2.75) is 43.7 Å². The van der Waals surface area contributed by atoms with Crippen molar-refractivity contribution in [1.29, 1.82) is 0 Å². The van der Waals surface area contributed by atoms with Gasteiger partial charge in [0.25, 0.3) is 0 Å². The molecule has 0 bridgehead atoms. The second-order valence-electron chi connectivity index (χ2n) is 4.52. The fourth-order valence-electron chi connectivity index (χ4n) is 2.64. The molecule has 3 heteroatoms. The van der Waals surface area contributed by atoms with E-state index in [1.807, 2.05) is 12.3 Å². The van der Waals surface area contributed by atoms with Gasteiger partial charge in [-0.05, 0) is 38.2 Å². The zero-order valence-electron chi connectivity index (χ0n) is 8.35. The van der Waals surface area contributed by atoms with E-state index in [4.69, 9.17) is 4.74 Å². The molecule has 1 atom stereocenters. The first-order chi connectivity index (χ1) is 6.88. The van der Waals surface area contributed by atoms with E-state index >= 15 is 0 Å². The topological polar surface area (TPSA) is 27.1 Å². The van der Waals surface area contributed by atoms with Crippen molar-refractivity contribution in [2.75, 3.05) is 6.61 Å². The molecule has 1 saturated carbocycles. The molecule has 1 aromatic heterocycles. The Morgan fingerprint density at radius 3 is 3.00 bits per heavy atom. The molecule has 2 fully saturated rings. The van der Waals surface area contributed by atoms with Gasteiger partial charge in [-0.2, -0.15) is 5.10 Å². The fourth-order valence-corrected chi connectivity index (χ4v) is 2.64. The molecule has 1 unspecified atom stereocenters. The van der Waals surface area contributed by atoms with Gasteiger partial charge in [-0.3, -0.25) is 4.68 Å². The fraction of sp³-hybridized carbons (Fsp3) is 0.727. The van der Waals surface area contributed by atoms with Crippen LogP contribution in [0.15, 0.2) is 18.5 Å². The van der Waals surface area contributed by atoms with Crippen LogP contribution in [0.3, 0.4) is 0 Å². The maximum absolute atomic E-state index is 5.89. The molecular formula is C11H16N2O. The first kappa shape index (κ1) is 8.48. The van der Waals surface area contributed by atoms with Crippen molar-refractivity contribution in [3.05, 3.63) is 18.5 Å². The molecule has 0 N–H and O–H groups in total. The van der Waals surface area contributed by atoms with Gasteiger partial charge in [0.2, 0.25) is 0 Å². The van der Waals surface area contributed by atoms with Crippen LogP contribution >= 0.6 is 0 Å². The first-order valence-electron chi connectivity index (χ1n) is 5.51. The number of rotatable bonds is 1. The zero-order valence-corrected chi connectivity index (χ0v) is 8.35. The number of ether oxygens (including phenoxy) is 1. The molecule has 1 aromatic rings. The second kappa shape index (κ2) is 3.09. The lowest BCUT2D eigenvalue weighted by Crippen LogP contribution is -2.46. The highest BCUT2D eigenvalue weighted by Gasteiger charge is 2.43. The smallest absolute Gasteiger partial charge is 0.0703 e. The van der Waals surface area contributed by atoms with E-state index in [9.17, 15) is 0 Å². The van der Waals surface area contributed by atoms with Crippen molar-refractivity contribution < 1.29 is 4.74 Å². The molecular weight excluding hydrogens is 176 g/mol. The molecule has 0 aromatic carbocycles. The average molecular weight is 192 g/mol. The van der Waals surface area contributed by atoms with Gasteiger partial charge in [0.1, 0.15) is 0 Å². The van der Waals surface area contributed by atoms with Gasteiger partial charge in [-0.25, -0.2) is 0 Å². The Morgan fingerprint density at radius 1 is 1.43 bits per heavy atom. The molecule has 2 heterocycles. The molecule has 1 saturated heterocycles. The van der Waals surface area contributed by atoms with Crippen LogP contribution < -0.4 is 0 Å². The maximum atomic E-state index is 5.89. The largest absolute Gasteiger partial charge is 0.375 e. The predicted molar refractivity (Wildman–Crippen MR) is 53.0 cm³/mol. The van der Waals surface area contributed by atoms with Crippen molar-refractivity contribution in [3.8, 4) is 0 Å². The normalized spacial score (nSPS) is 30.1. The van der Waals surface area contributed by atoms with Gasteiger partial charge in [-0.1, -0.05) is 0 Å². The Kier molecular flexibility index (Phi) is 1.87. The van der Waals surface area contributed by atoms with Gasteiger partial charge in [-0.15, -0.1) is 0 Å². The lowest BCUT2D eigenvalue weighted by Gasteiger charge is -2.47. The number of hydrogen-bond donors (Lipinski definition) is 0. The predicted octanol–water partition coefficient (Wildman–Crippen LogP) is 2.16. The highest BCUT2D eigenvalue weighted by molar-refractivity contribution is 4.96. The molecule has 0 radical (unpaired) electrons. The van der Waals surface area contributed by atoms with Gasteiger partial charge in [0, 0.05) is 19.0 Å². The number of nitrogens with zero attached hydrogens (tertiary/aromatic N) is 2. The first-order valence-corrected chi connectivity index (χ1v) is 5.51. The maximum Gasteiger partial charge on any atom is 0.0703 e. The summed E-state index contributed by atoms with van der Waals surface area (Å²) in [4.78, 5) is 0. The molecule has 3 nitrogen and oxygen atoms in total. The van der Waals surface area contributed by atoms with Crippen molar-refractivity contribution in [3.63, 3.8) is 0 Å². The Hall–Kier alpha value is -0.830. The minimum atomic E-state index is 0.231. The minimum Gasteiger partial charge on any atom is -0.375 e. The van der Waals surface area contributed by atoms with E-state index in [0.29, 0.717) is 6.04 Å². The molecule has 3 rings (SSSR count). The average Bonchev–Trinajstić information content (AvgIpc) is 2.68. The third-order valence-electron chi connectivity index (χ3n) is 3.63. The Bertz CT molecular complexity index is 303. The summed E-state index contributed by atoms with van der Waals surface area (Å²) < 4.78 is 7.99. The van der Waals surface area contributed by atoms with Gasteiger partial charge >= 0.3 is 0 Å². The van der Waals surface area contributed by atoms with Crippen LogP contribution in [0.1, 0.15) is 38.1 Å². The summed E-state index contributed by atoms with van der Waals surface area (Å²) in [5.74, 6) is 0. The van der Waals surface area contributed by atoms with Crippen LogP contribution in [0.25, 0.3) is 0 Å². The Morgan fingerprint density at radius 2 is 2.36 bits per heavy atom. The quantitative estimate of drug-likeness (QED) is 0.681. The van der Waals surface area contributed by atoms with Crippen LogP contribution in [-0.2, 0) is 4.74 Å². The van der Waals surface area contributed by atoms with Crippen molar-refractivity contribution in [1.82, 2.24) is 9.78 Å². The highest BCUT2D eigenvalue weighted by atomic mass is 16.5. The van der Waals surface area contributed by atoms with Crippen LogP contribution in [-0.4, -0.2) is 22.0 Å². The highest BCUT2D eigenvalue weighted by Crippen LogP contribution is 2.45. The number of hydrogen-bond acceptors (Lipinski definition) is 2. The molecule has 14 heavy (non-hydrogen) atoms. The molecule has 76 valence electrons. The molecule has 1 aliphatic carbocycles. The van der Waals surface area contributed by atoms with Crippen LogP contribution in [0.4, 0.5) is 0 Å². The third kappa shape index (κ3) is 1.27. The van der Waals surface area contributed by atoms with Gasteiger partial charge in [0.15, 0.2) is 0 Å². The summed E-state index contributed by atoms with van der Waals surface area (Å²) in [7, 11) is 0. The molecule has 1 aliphatic heterocycles. The summed E-state index contributed by atoms with van der Waals surface area (Å²) in [6.07, 6.45) is 10.1. The summed E-state index contributed by atoms with van der Waals surface area (Å²) in [6, 6.07) is 2.57. The van der Waals surface area contributed by atoms with E-state index in [-0.39, 0.29) is 5.60 Å². The molecule has 2 aliphatic rings. The van der Waals surface area contributed by atoms with E-state index < -0.39 is 0 Å². The van der Waals surface area contributed by atoms with Gasteiger partial charge in [0.05, 0.1) is 11.6 Å². The SMILES string of the molecule is c1cnn(C2CCOC3(CCC3)C2)c1. The summed E-state index contributed by atoms with van der Waals surface area (Å²) in [5, 5.41) is 4.32. The van der Waals surface area contributed by atoms with E-state index in [1.165, 1.54) is 19.3 Å². The summed E-state index contributed by atoms with van der Waals surface area (Å²) >= 11 is 0. The van der Waals surface area contributed by atoms with Crippen LogP contribution in [0.2, 0.25) is 0 Å². The van der Waals surface area contributed by atoms with E-state index in [1.54, 1.807) is 0 Å². The standard InChI is InChI=1S/C11H16N2O/c1-4-11(5-1)9-10(3-8-14-11)13-7-2-6-12-13/h2,6-7,10H,1,3-5,8-9H2. The van der Waals surface area contributed by atoms with Crippen LogP contribution in [0.5, 0.6) is 0 Å². The lowest BCUT2D eigenvalue weighted by molar-refractivity contribution is -0.141. The second-order valence-corrected chi connectivity index (χ2v) is 4.52. The van der Waals surface area contributed by atoms with E-state index in [0.717, 1.165) is 19.4 Å². The Balaban J connectivity index is 1.75. The van der Waals surface area contributed by atoms with Gasteiger partial charge < -0.3 is 4.74 Å². The zero-order chi connectivity index (χ0) is 9.43. The van der Waals surface area contributed by atoms with Crippen molar-refractivity contribution >= 4 is 0 Å². The molecule has 1 spiro atoms. The summed E-state index contributed by atoms with van der Waals surface area (Å²) in [5.41, 5.74) is 0.231. The lowest BCUT2D eigenvalue weighted by atomic mass is 9.74.